The second kappa shape index (κ2) is 7.01. The Morgan fingerprint density at radius 1 is 1.26 bits per heavy atom. The predicted molar refractivity (Wildman–Crippen MR) is 96.8 cm³/mol. The van der Waals surface area contributed by atoms with Crippen LogP contribution in [0.3, 0.4) is 0 Å². The quantitative estimate of drug-likeness (QED) is 0.708. The normalized spacial score (nSPS) is 14.4. The van der Waals surface area contributed by atoms with Crippen molar-refractivity contribution in [1.29, 1.82) is 0 Å². The molecule has 27 heavy (non-hydrogen) atoms. The number of hydrogen-bond donors (Lipinski definition) is 2. The monoisotopic (exact) mass is 394 g/mol. The summed E-state index contributed by atoms with van der Waals surface area (Å²) in [7, 11) is 0. The van der Waals surface area contributed by atoms with Crippen molar-refractivity contribution in [2.24, 2.45) is 0 Å². The van der Waals surface area contributed by atoms with Crippen LogP contribution in [0, 0.1) is 6.92 Å². The Balaban J connectivity index is 1.53. The number of halogens is 3. The van der Waals surface area contributed by atoms with Crippen molar-refractivity contribution in [2.45, 2.75) is 32.5 Å². The zero-order valence-corrected chi connectivity index (χ0v) is 15.3. The van der Waals surface area contributed by atoms with Gasteiger partial charge in [0.05, 0.1) is 5.39 Å². The molecule has 3 aromatic heterocycles. The molecule has 0 amide bonds. The highest BCUT2D eigenvalue weighted by atomic mass is 32.1. The molecule has 0 spiro atoms. The molecular weight excluding hydrogens is 377 g/mol. The van der Waals surface area contributed by atoms with Crippen LogP contribution in [-0.2, 0) is 25.6 Å². The predicted octanol–water partition coefficient (Wildman–Crippen LogP) is 3.11. The number of aryl methyl sites for hydroxylation is 1. The first kappa shape index (κ1) is 18.1. The molecule has 0 saturated heterocycles. The maximum atomic E-state index is 12.9. The van der Waals surface area contributed by atoms with Crippen LogP contribution in [0.15, 0.2) is 12.4 Å². The molecular formula is C17H17F3N6S. The molecule has 2 N–H and O–H groups in total. The lowest BCUT2D eigenvalue weighted by Crippen LogP contribution is -2.22. The molecule has 0 aliphatic carbocycles. The highest BCUT2D eigenvalue weighted by molar-refractivity contribution is 7.18. The Kier molecular flexibility index (Phi) is 4.68. The Labute approximate surface area is 157 Å². The largest absolute Gasteiger partial charge is 0.433 e. The maximum Gasteiger partial charge on any atom is 0.433 e. The van der Waals surface area contributed by atoms with Crippen LogP contribution < -0.4 is 10.6 Å². The van der Waals surface area contributed by atoms with Gasteiger partial charge in [-0.25, -0.2) is 19.9 Å². The number of thiophene rings is 1. The molecule has 0 fully saturated rings. The number of aromatic nitrogens is 4. The van der Waals surface area contributed by atoms with Crippen molar-refractivity contribution in [3.63, 3.8) is 0 Å². The van der Waals surface area contributed by atoms with E-state index in [2.05, 4.69) is 30.6 Å². The minimum Gasteiger partial charge on any atom is -0.369 e. The summed E-state index contributed by atoms with van der Waals surface area (Å²) in [6, 6.07) is 0.955. The third-order valence-electron chi connectivity index (χ3n) is 4.34. The zero-order valence-electron chi connectivity index (χ0n) is 14.5. The number of nitrogens with one attached hydrogen (secondary N) is 2. The van der Waals surface area contributed by atoms with Crippen LogP contribution in [0.1, 0.15) is 27.7 Å². The topological polar surface area (TPSA) is 75.6 Å². The van der Waals surface area contributed by atoms with Gasteiger partial charge in [-0.3, -0.25) is 0 Å². The van der Waals surface area contributed by atoms with Crippen molar-refractivity contribution in [3.05, 3.63) is 40.0 Å². The van der Waals surface area contributed by atoms with Gasteiger partial charge >= 0.3 is 6.18 Å². The van der Waals surface area contributed by atoms with Crippen molar-refractivity contribution < 1.29 is 13.2 Å². The molecule has 1 aliphatic rings. The second-order valence-electron chi connectivity index (χ2n) is 6.32. The number of alkyl halides is 3. The summed E-state index contributed by atoms with van der Waals surface area (Å²) in [5.41, 5.74) is 0.646. The van der Waals surface area contributed by atoms with E-state index in [9.17, 15) is 13.2 Å². The summed E-state index contributed by atoms with van der Waals surface area (Å²) < 4.78 is 38.7. The molecule has 6 nitrogen and oxygen atoms in total. The van der Waals surface area contributed by atoms with Gasteiger partial charge in [0, 0.05) is 30.1 Å². The van der Waals surface area contributed by atoms with Crippen LogP contribution in [-0.4, -0.2) is 33.0 Å². The van der Waals surface area contributed by atoms with E-state index in [1.807, 2.05) is 0 Å². The molecule has 0 unspecified atom stereocenters. The third-order valence-corrected chi connectivity index (χ3v) is 5.48. The van der Waals surface area contributed by atoms with Gasteiger partial charge in [-0.15, -0.1) is 11.3 Å². The van der Waals surface area contributed by atoms with Crippen LogP contribution in [0.2, 0.25) is 0 Å². The average molecular weight is 394 g/mol. The van der Waals surface area contributed by atoms with Gasteiger partial charge in [-0.05, 0) is 31.5 Å². The summed E-state index contributed by atoms with van der Waals surface area (Å²) in [6.45, 7) is 3.65. The number of fused-ring (bicyclic) bond motifs is 3. The molecule has 3 aromatic rings. The Morgan fingerprint density at radius 2 is 2.11 bits per heavy atom. The van der Waals surface area contributed by atoms with Gasteiger partial charge in [-0.2, -0.15) is 13.2 Å². The van der Waals surface area contributed by atoms with E-state index in [-0.39, 0.29) is 12.2 Å². The standard InChI is InChI=1S/C17H17F3N6S/c1-9-6-12(17(18,19)20)26-13(25-9)3-5-22-15-14-10-2-4-21-7-11(10)27-16(14)24-8-23-15/h6,8,21H,2-5,7H2,1H3,(H,22,23,24). The van der Waals surface area contributed by atoms with Gasteiger partial charge < -0.3 is 10.6 Å². The minimum absolute atomic E-state index is 0.164. The maximum absolute atomic E-state index is 12.9. The van der Waals surface area contributed by atoms with Gasteiger partial charge in [0.2, 0.25) is 0 Å². The van der Waals surface area contributed by atoms with Crippen molar-refractivity contribution in [2.75, 3.05) is 18.4 Å². The van der Waals surface area contributed by atoms with Crippen molar-refractivity contribution >= 4 is 27.4 Å². The Hall–Kier alpha value is -2.33. The lowest BCUT2D eigenvalue weighted by atomic mass is 10.1. The lowest BCUT2D eigenvalue weighted by Gasteiger charge is -2.14. The molecule has 0 bridgehead atoms. The summed E-state index contributed by atoms with van der Waals surface area (Å²) >= 11 is 1.65. The van der Waals surface area contributed by atoms with Gasteiger partial charge in [0.25, 0.3) is 0 Å². The second-order valence-corrected chi connectivity index (χ2v) is 7.40. The molecule has 1 aliphatic heterocycles. The van der Waals surface area contributed by atoms with E-state index in [0.29, 0.717) is 18.1 Å². The third kappa shape index (κ3) is 3.72. The molecule has 0 atom stereocenters. The Bertz CT molecular complexity index is 985. The molecule has 0 radical (unpaired) electrons. The van der Waals surface area contributed by atoms with Crippen LogP contribution in [0.4, 0.5) is 19.0 Å². The summed E-state index contributed by atoms with van der Waals surface area (Å²) in [5.74, 6) is 0.875. The van der Waals surface area contributed by atoms with Crippen molar-refractivity contribution in [1.82, 2.24) is 25.3 Å². The smallest absolute Gasteiger partial charge is 0.369 e. The van der Waals surface area contributed by atoms with E-state index in [4.69, 9.17) is 0 Å². The van der Waals surface area contributed by atoms with Gasteiger partial charge in [0.1, 0.15) is 28.5 Å². The van der Waals surface area contributed by atoms with E-state index in [1.165, 1.54) is 23.7 Å². The van der Waals surface area contributed by atoms with E-state index < -0.39 is 11.9 Å². The minimum atomic E-state index is -4.47. The van der Waals surface area contributed by atoms with Crippen LogP contribution in [0.5, 0.6) is 0 Å². The highest BCUT2D eigenvalue weighted by Crippen LogP contribution is 2.35. The molecule has 0 saturated carbocycles. The van der Waals surface area contributed by atoms with Crippen LogP contribution in [0.25, 0.3) is 10.2 Å². The fourth-order valence-electron chi connectivity index (χ4n) is 3.17. The van der Waals surface area contributed by atoms with E-state index >= 15 is 0 Å². The first-order chi connectivity index (χ1) is 12.9. The molecule has 0 aromatic carbocycles. The summed E-state index contributed by atoms with van der Waals surface area (Å²) in [4.78, 5) is 18.6. The van der Waals surface area contributed by atoms with E-state index in [0.717, 1.165) is 35.8 Å². The number of hydrogen-bond acceptors (Lipinski definition) is 7. The molecule has 4 heterocycles. The average Bonchev–Trinajstić information content (AvgIpc) is 3.00. The van der Waals surface area contributed by atoms with Gasteiger partial charge in [-0.1, -0.05) is 0 Å². The van der Waals surface area contributed by atoms with Crippen molar-refractivity contribution in [3.8, 4) is 0 Å². The Morgan fingerprint density at radius 3 is 2.93 bits per heavy atom. The summed E-state index contributed by atoms with van der Waals surface area (Å²) in [6.07, 6.45) is -1.79. The molecule has 4 rings (SSSR count). The van der Waals surface area contributed by atoms with Crippen LogP contribution >= 0.6 is 11.3 Å². The number of rotatable bonds is 4. The fraction of sp³-hybridized carbons (Fsp3) is 0.412. The first-order valence-corrected chi connectivity index (χ1v) is 9.35. The zero-order chi connectivity index (χ0) is 19.0. The highest BCUT2D eigenvalue weighted by Gasteiger charge is 2.33. The first-order valence-electron chi connectivity index (χ1n) is 8.53. The van der Waals surface area contributed by atoms with Gasteiger partial charge in [0.15, 0.2) is 0 Å². The van der Waals surface area contributed by atoms with E-state index in [1.54, 1.807) is 11.3 Å². The lowest BCUT2D eigenvalue weighted by molar-refractivity contribution is -0.141. The molecule has 142 valence electrons. The number of anilines is 1. The molecule has 10 heteroatoms. The fourth-order valence-corrected chi connectivity index (χ4v) is 4.33. The number of nitrogens with zero attached hydrogens (tertiary/aromatic N) is 4. The SMILES string of the molecule is Cc1cc(C(F)(F)F)nc(CCNc2ncnc3sc4c(c23)CCNC4)n1. The summed E-state index contributed by atoms with van der Waals surface area (Å²) in [5, 5.41) is 7.58.